The monoisotopic (exact) mass is 340 g/mol. The van der Waals surface area contributed by atoms with E-state index < -0.39 is 0 Å². The number of halogens is 1. The van der Waals surface area contributed by atoms with Gasteiger partial charge in [0.1, 0.15) is 5.03 Å². The molecule has 4 heteroatoms. The second-order valence-electron chi connectivity index (χ2n) is 5.49. The predicted molar refractivity (Wildman–Crippen MR) is 98.0 cm³/mol. The highest BCUT2D eigenvalue weighted by Crippen LogP contribution is 2.25. The lowest BCUT2D eigenvalue weighted by Crippen LogP contribution is -1.92. The molecule has 0 aliphatic heterocycles. The fourth-order valence-electron chi connectivity index (χ4n) is 2.29. The molecule has 116 valence electrons. The Bertz CT molecular complexity index is 799. The van der Waals surface area contributed by atoms with Crippen LogP contribution in [0.3, 0.4) is 0 Å². The molecule has 2 nitrogen and oxygen atoms in total. The summed E-state index contributed by atoms with van der Waals surface area (Å²) in [6, 6.07) is 18.3. The number of hydrogen-bond donors (Lipinski definition) is 0. The third-order valence-electron chi connectivity index (χ3n) is 3.61. The zero-order chi connectivity index (χ0) is 16.2. The predicted octanol–water partition coefficient (Wildman–Crippen LogP) is 5.71. The molecule has 0 saturated carbocycles. The van der Waals surface area contributed by atoms with Gasteiger partial charge in [-0.3, -0.25) is 0 Å². The average Bonchev–Trinajstić information content (AvgIpc) is 2.57. The lowest BCUT2D eigenvalue weighted by Gasteiger charge is -2.07. The maximum absolute atomic E-state index is 5.90. The van der Waals surface area contributed by atoms with Crippen molar-refractivity contribution in [2.24, 2.45) is 0 Å². The van der Waals surface area contributed by atoms with Gasteiger partial charge in [-0.1, -0.05) is 53.2 Å². The van der Waals surface area contributed by atoms with Gasteiger partial charge in [-0.2, -0.15) is 0 Å². The van der Waals surface area contributed by atoms with Crippen LogP contribution in [0.15, 0.2) is 59.6 Å². The van der Waals surface area contributed by atoms with Gasteiger partial charge >= 0.3 is 0 Å². The van der Waals surface area contributed by atoms with E-state index >= 15 is 0 Å². The maximum Gasteiger partial charge on any atom is 0.119 e. The molecule has 0 N–H and O–H groups in total. The van der Waals surface area contributed by atoms with E-state index in [0.717, 1.165) is 27.1 Å². The summed E-state index contributed by atoms with van der Waals surface area (Å²) in [5.74, 6) is 0.856. The van der Waals surface area contributed by atoms with E-state index in [9.17, 15) is 0 Å². The number of nitrogens with zero attached hydrogens (tertiary/aromatic N) is 2. The first kappa shape index (κ1) is 16.0. The first-order valence-electron chi connectivity index (χ1n) is 7.40. The highest BCUT2D eigenvalue weighted by atomic mass is 35.5. The highest BCUT2D eigenvalue weighted by Gasteiger charge is 2.05. The number of benzene rings is 2. The minimum Gasteiger partial charge on any atom is -0.149 e. The van der Waals surface area contributed by atoms with Gasteiger partial charge < -0.3 is 0 Å². The molecule has 23 heavy (non-hydrogen) atoms. The van der Waals surface area contributed by atoms with Crippen LogP contribution >= 0.6 is 23.4 Å². The van der Waals surface area contributed by atoms with Gasteiger partial charge in [0, 0.05) is 16.3 Å². The van der Waals surface area contributed by atoms with Gasteiger partial charge in [0.05, 0.1) is 5.69 Å². The van der Waals surface area contributed by atoms with E-state index in [4.69, 9.17) is 11.6 Å². The van der Waals surface area contributed by atoms with E-state index in [1.807, 2.05) is 36.4 Å². The Hall–Kier alpha value is -1.84. The van der Waals surface area contributed by atoms with Crippen molar-refractivity contribution in [2.75, 3.05) is 0 Å². The van der Waals surface area contributed by atoms with Crippen LogP contribution in [-0.4, -0.2) is 10.2 Å². The van der Waals surface area contributed by atoms with Crippen LogP contribution in [0.1, 0.15) is 16.7 Å². The molecule has 0 unspecified atom stereocenters. The first-order chi connectivity index (χ1) is 11.1. The Morgan fingerprint density at radius 2 is 1.70 bits per heavy atom. The topological polar surface area (TPSA) is 25.8 Å². The average molecular weight is 341 g/mol. The summed E-state index contributed by atoms with van der Waals surface area (Å²) in [5, 5.41) is 10.4. The minimum absolute atomic E-state index is 0.761. The lowest BCUT2D eigenvalue weighted by atomic mass is 10.0. The fraction of sp³-hybridized carbons (Fsp3) is 0.158. The van der Waals surface area contributed by atoms with Crippen LogP contribution in [0, 0.1) is 13.8 Å². The van der Waals surface area contributed by atoms with E-state index in [1.54, 1.807) is 11.8 Å². The zero-order valence-corrected chi connectivity index (χ0v) is 14.7. The van der Waals surface area contributed by atoms with Crippen molar-refractivity contribution in [1.82, 2.24) is 10.2 Å². The molecular formula is C19H17ClN2S. The van der Waals surface area contributed by atoms with E-state index in [1.165, 1.54) is 16.7 Å². The van der Waals surface area contributed by atoms with Gasteiger partial charge in [0.25, 0.3) is 0 Å². The molecule has 0 aliphatic rings. The Balaban J connectivity index is 1.72. The Kier molecular flexibility index (Phi) is 4.99. The summed E-state index contributed by atoms with van der Waals surface area (Å²) >= 11 is 7.57. The van der Waals surface area contributed by atoms with Gasteiger partial charge in [-0.05, 0) is 55.3 Å². The molecule has 0 spiro atoms. The molecule has 2 aromatic carbocycles. The van der Waals surface area contributed by atoms with Crippen LogP contribution < -0.4 is 0 Å². The Labute approximate surface area is 145 Å². The van der Waals surface area contributed by atoms with Crippen molar-refractivity contribution < 1.29 is 0 Å². The zero-order valence-electron chi connectivity index (χ0n) is 13.1. The summed E-state index contributed by atoms with van der Waals surface area (Å²) in [7, 11) is 0. The number of thioether (sulfide) groups is 1. The molecule has 3 aromatic rings. The molecule has 0 bridgehead atoms. The quantitative estimate of drug-likeness (QED) is 0.569. The molecular weight excluding hydrogens is 324 g/mol. The summed E-state index contributed by atoms with van der Waals surface area (Å²) in [4.78, 5) is 0. The van der Waals surface area contributed by atoms with E-state index in [2.05, 4.69) is 42.2 Å². The molecule has 3 rings (SSSR count). The van der Waals surface area contributed by atoms with Crippen LogP contribution in [0.2, 0.25) is 5.02 Å². The van der Waals surface area contributed by atoms with Crippen LogP contribution in [-0.2, 0) is 5.75 Å². The number of hydrogen-bond acceptors (Lipinski definition) is 3. The van der Waals surface area contributed by atoms with E-state index in [0.29, 0.717) is 0 Å². The van der Waals surface area contributed by atoms with Crippen molar-refractivity contribution >= 4 is 23.4 Å². The molecule has 1 aromatic heterocycles. The molecule has 1 heterocycles. The first-order valence-corrected chi connectivity index (χ1v) is 8.77. The van der Waals surface area contributed by atoms with Gasteiger partial charge in [0.15, 0.2) is 0 Å². The van der Waals surface area contributed by atoms with Crippen molar-refractivity contribution in [3.8, 4) is 11.3 Å². The normalized spacial score (nSPS) is 10.7. The van der Waals surface area contributed by atoms with Crippen molar-refractivity contribution in [3.05, 3.63) is 76.3 Å². The van der Waals surface area contributed by atoms with Gasteiger partial charge in [-0.25, -0.2) is 0 Å². The van der Waals surface area contributed by atoms with Gasteiger partial charge in [-0.15, -0.1) is 10.2 Å². The summed E-state index contributed by atoms with van der Waals surface area (Å²) in [5.41, 5.74) is 5.73. The van der Waals surface area contributed by atoms with Crippen molar-refractivity contribution in [1.29, 1.82) is 0 Å². The Morgan fingerprint density at radius 3 is 2.39 bits per heavy atom. The van der Waals surface area contributed by atoms with Crippen LogP contribution in [0.25, 0.3) is 11.3 Å². The SMILES string of the molecule is Cc1ccc(C)c(-c2ccc(SCc3ccc(Cl)cc3)nn2)c1. The maximum atomic E-state index is 5.90. The van der Waals surface area contributed by atoms with Crippen molar-refractivity contribution in [3.63, 3.8) is 0 Å². The number of aromatic nitrogens is 2. The van der Waals surface area contributed by atoms with Crippen LogP contribution in [0.4, 0.5) is 0 Å². The minimum atomic E-state index is 0.761. The van der Waals surface area contributed by atoms with Crippen molar-refractivity contribution in [2.45, 2.75) is 24.6 Å². The number of aryl methyl sites for hydroxylation is 2. The van der Waals surface area contributed by atoms with E-state index in [-0.39, 0.29) is 0 Å². The highest BCUT2D eigenvalue weighted by molar-refractivity contribution is 7.98. The molecule has 0 fully saturated rings. The summed E-state index contributed by atoms with van der Waals surface area (Å²) in [6.45, 7) is 4.19. The third-order valence-corrected chi connectivity index (χ3v) is 4.85. The standard InChI is InChI=1S/C19H17ClN2S/c1-13-3-4-14(2)17(11-13)18-9-10-19(22-21-18)23-12-15-5-7-16(20)8-6-15/h3-11H,12H2,1-2H3. The smallest absolute Gasteiger partial charge is 0.119 e. The molecule has 0 amide bonds. The third kappa shape index (κ3) is 4.12. The number of rotatable bonds is 4. The molecule has 0 radical (unpaired) electrons. The molecule has 0 saturated heterocycles. The summed E-state index contributed by atoms with van der Waals surface area (Å²) in [6.07, 6.45) is 0. The molecule has 0 aliphatic carbocycles. The largest absolute Gasteiger partial charge is 0.149 e. The lowest BCUT2D eigenvalue weighted by molar-refractivity contribution is 0.934. The molecule has 0 atom stereocenters. The van der Waals surface area contributed by atoms with Crippen LogP contribution in [0.5, 0.6) is 0 Å². The second kappa shape index (κ2) is 7.16. The second-order valence-corrected chi connectivity index (χ2v) is 6.92. The van der Waals surface area contributed by atoms with Gasteiger partial charge in [0.2, 0.25) is 0 Å². The Morgan fingerprint density at radius 1 is 0.913 bits per heavy atom. The fourth-order valence-corrected chi connectivity index (χ4v) is 3.19. The summed E-state index contributed by atoms with van der Waals surface area (Å²) < 4.78 is 0.